The zero-order chi connectivity index (χ0) is 26.2. The maximum atomic E-state index is 13.0. The maximum Gasteiger partial charge on any atom is 0.329 e. The highest BCUT2D eigenvalue weighted by Crippen LogP contribution is 2.19. The Hall–Kier alpha value is -3.47. The summed E-state index contributed by atoms with van der Waals surface area (Å²) in [6.45, 7) is 9.15. The van der Waals surface area contributed by atoms with Crippen LogP contribution >= 0.6 is 11.3 Å². The van der Waals surface area contributed by atoms with Gasteiger partial charge >= 0.3 is 5.97 Å². The molecule has 0 aliphatic heterocycles. The van der Waals surface area contributed by atoms with E-state index in [1.54, 1.807) is 57.5 Å². The molecule has 0 bridgehead atoms. The van der Waals surface area contributed by atoms with Gasteiger partial charge in [0, 0.05) is 10.9 Å². The summed E-state index contributed by atoms with van der Waals surface area (Å²) in [5.41, 5.74) is -0.232. The van der Waals surface area contributed by atoms with Crippen molar-refractivity contribution in [3.63, 3.8) is 0 Å². The van der Waals surface area contributed by atoms with Gasteiger partial charge in [0.25, 0.3) is 11.8 Å². The van der Waals surface area contributed by atoms with Gasteiger partial charge in [0.2, 0.25) is 0 Å². The van der Waals surface area contributed by atoms with Crippen LogP contribution in [0.15, 0.2) is 34.8 Å². The summed E-state index contributed by atoms with van der Waals surface area (Å²) in [6.07, 6.45) is 0.376. The van der Waals surface area contributed by atoms with Crippen LogP contribution in [0.2, 0.25) is 0 Å². The van der Waals surface area contributed by atoms with E-state index in [0.29, 0.717) is 17.7 Å². The van der Waals surface area contributed by atoms with E-state index in [-0.39, 0.29) is 28.4 Å². The molecule has 0 fully saturated rings. The van der Waals surface area contributed by atoms with E-state index in [4.69, 9.17) is 14.3 Å². The van der Waals surface area contributed by atoms with E-state index in [2.05, 4.69) is 20.8 Å². The largest absolute Gasteiger partial charge is 0.497 e. The average molecular weight is 505 g/mol. The first-order chi connectivity index (χ1) is 16.4. The number of rotatable bonds is 10. The zero-order valence-corrected chi connectivity index (χ0v) is 21.8. The second-order valence-electron chi connectivity index (χ2n) is 9.03. The van der Waals surface area contributed by atoms with Crippen molar-refractivity contribution in [3.8, 4) is 5.75 Å². The number of aromatic nitrogens is 1. The van der Waals surface area contributed by atoms with Gasteiger partial charge in [-0.25, -0.2) is 9.78 Å². The lowest BCUT2D eigenvalue weighted by molar-refractivity contribution is -0.158. The number of oxime groups is 1. The van der Waals surface area contributed by atoms with Gasteiger partial charge < -0.3 is 19.6 Å². The summed E-state index contributed by atoms with van der Waals surface area (Å²) in [6, 6.07) is 5.72. The molecule has 0 saturated carbocycles. The number of methoxy groups -OCH3 is 1. The number of anilines is 1. The van der Waals surface area contributed by atoms with Gasteiger partial charge in [-0.05, 0) is 57.4 Å². The Morgan fingerprint density at radius 2 is 1.77 bits per heavy atom. The number of nitrogens with one attached hydrogen (secondary N) is 2. The first-order valence-electron chi connectivity index (χ1n) is 11.0. The molecule has 0 spiro atoms. The van der Waals surface area contributed by atoms with Crippen LogP contribution in [0.25, 0.3) is 0 Å². The highest BCUT2D eigenvalue weighted by atomic mass is 32.1. The van der Waals surface area contributed by atoms with Gasteiger partial charge in [-0.15, -0.1) is 11.3 Å². The van der Waals surface area contributed by atoms with E-state index >= 15 is 0 Å². The molecular formula is C24H32N4O6S. The smallest absolute Gasteiger partial charge is 0.329 e. The number of thiazole rings is 1. The molecule has 0 aliphatic rings. The Labute approximate surface area is 209 Å². The Bertz CT molecular complexity index is 1060. The normalized spacial score (nSPS) is 12.6. The van der Waals surface area contributed by atoms with Crippen molar-refractivity contribution in [1.82, 2.24) is 10.3 Å². The molecule has 1 aromatic heterocycles. The molecule has 1 unspecified atom stereocenters. The van der Waals surface area contributed by atoms with Crippen molar-refractivity contribution >= 4 is 40.0 Å². The van der Waals surface area contributed by atoms with Gasteiger partial charge in [0.05, 0.1) is 7.11 Å². The minimum atomic E-state index is -0.878. The van der Waals surface area contributed by atoms with Crippen LogP contribution in [0.5, 0.6) is 5.75 Å². The number of carbonyl (C=O) groups is 3. The number of nitrogens with zero attached hydrogens (tertiary/aromatic N) is 2. The summed E-state index contributed by atoms with van der Waals surface area (Å²) in [4.78, 5) is 47.4. The Kier molecular flexibility index (Phi) is 9.76. The molecule has 0 radical (unpaired) electrons. The molecule has 1 aromatic carbocycles. The number of amides is 2. The van der Waals surface area contributed by atoms with E-state index in [1.165, 1.54) is 7.11 Å². The number of carbonyl (C=O) groups excluding carboxylic acids is 3. The Morgan fingerprint density at radius 1 is 1.11 bits per heavy atom. The van der Waals surface area contributed by atoms with Gasteiger partial charge in [0.15, 0.2) is 10.8 Å². The number of hydrogen-bond donors (Lipinski definition) is 2. The predicted octanol–water partition coefficient (Wildman–Crippen LogP) is 3.63. The lowest BCUT2D eigenvalue weighted by Crippen LogP contribution is -2.47. The molecule has 0 aliphatic carbocycles. The lowest BCUT2D eigenvalue weighted by atomic mass is 10.0. The van der Waals surface area contributed by atoms with Crippen molar-refractivity contribution in [2.45, 2.75) is 52.7 Å². The molecule has 1 atom stereocenters. The fourth-order valence-corrected chi connectivity index (χ4v) is 3.62. The number of esters is 1. The molecule has 0 saturated heterocycles. The van der Waals surface area contributed by atoms with Gasteiger partial charge in [-0.3, -0.25) is 14.9 Å². The summed E-state index contributed by atoms with van der Waals surface area (Å²) in [7, 11) is 2.84. The zero-order valence-electron chi connectivity index (χ0n) is 21.0. The molecule has 2 N–H and O–H groups in total. The summed E-state index contributed by atoms with van der Waals surface area (Å²) in [5, 5.41) is 11.0. The molecular weight excluding hydrogens is 472 g/mol. The molecule has 2 amide bonds. The van der Waals surface area contributed by atoms with Crippen LogP contribution in [0.1, 0.15) is 57.1 Å². The number of ether oxygens (including phenoxy) is 2. The fourth-order valence-electron chi connectivity index (χ4n) is 2.93. The van der Waals surface area contributed by atoms with Crippen LogP contribution < -0.4 is 15.4 Å². The van der Waals surface area contributed by atoms with Gasteiger partial charge in [-0.2, -0.15) is 0 Å². The molecule has 2 aromatic rings. The van der Waals surface area contributed by atoms with Crippen LogP contribution in [-0.4, -0.2) is 54.3 Å². The molecule has 190 valence electrons. The molecule has 11 heteroatoms. The topological polar surface area (TPSA) is 128 Å². The quantitative estimate of drug-likeness (QED) is 0.287. The number of hydrogen-bond acceptors (Lipinski definition) is 9. The van der Waals surface area contributed by atoms with Crippen molar-refractivity contribution in [3.05, 3.63) is 40.9 Å². The second kappa shape index (κ2) is 12.3. The second-order valence-corrected chi connectivity index (χ2v) is 9.89. The Balaban J connectivity index is 2.17. The molecule has 1 heterocycles. The van der Waals surface area contributed by atoms with Crippen LogP contribution in [0.3, 0.4) is 0 Å². The highest BCUT2D eigenvalue weighted by Gasteiger charge is 2.30. The van der Waals surface area contributed by atoms with E-state index in [0.717, 1.165) is 11.3 Å². The van der Waals surface area contributed by atoms with Crippen molar-refractivity contribution < 1.29 is 28.7 Å². The lowest BCUT2D eigenvalue weighted by Gasteiger charge is -2.25. The van der Waals surface area contributed by atoms with E-state index in [9.17, 15) is 14.4 Å². The summed E-state index contributed by atoms with van der Waals surface area (Å²) < 4.78 is 10.6. The third-order valence-electron chi connectivity index (χ3n) is 4.42. The van der Waals surface area contributed by atoms with Crippen LogP contribution in [-0.2, 0) is 19.2 Å². The van der Waals surface area contributed by atoms with E-state index < -0.39 is 23.5 Å². The number of benzene rings is 1. The fraction of sp³-hybridized carbons (Fsp3) is 0.458. The van der Waals surface area contributed by atoms with Crippen molar-refractivity contribution in [2.75, 3.05) is 19.5 Å². The molecule has 2 rings (SSSR count). The van der Waals surface area contributed by atoms with Crippen molar-refractivity contribution in [2.24, 2.45) is 11.1 Å². The van der Waals surface area contributed by atoms with E-state index in [1.807, 2.05) is 13.8 Å². The first-order valence-corrected chi connectivity index (χ1v) is 11.9. The monoisotopic (exact) mass is 504 g/mol. The molecule has 35 heavy (non-hydrogen) atoms. The summed E-state index contributed by atoms with van der Waals surface area (Å²) >= 11 is 1.12. The molecule has 10 nitrogen and oxygen atoms in total. The van der Waals surface area contributed by atoms with Gasteiger partial charge in [-0.1, -0.05) is 19.0 Å². The Morgan fingerprint density at radius 3 is 2.31 bits per heavy atom. The third kappa shape index (κ3) is 8.67. The maximum absolute atomic E-state index is 13.0. The SMILES string of the molecule is CON=C(C(=O)NC(CC(C)C)C(=O)OC(C)(C)C)c1csc(NC(=O)c2ccc(OC)cc2)n1. The van der Waals surface area contributed by atoms with Crippen LogP contribution in [0.4, 0.5) is 5.13 Å². The van der Waals surface area contributed by atoms with Gasteiger partial charge in [0.1, 0.15) is 30.2 Å². The minimum Gasteiger partial charge on any atom is -0.497 e. The highest BCUT2D eigenvalue weighted by molar-refractivity contribution is 7.14. The predicted molar refractivity (Wildman–Crippen MR) is 134 cm³/mol. The standard InChI is InChI=1S/C24H32N4O6S/c1-14(2)12-17(22(31)34-24(3,4)5)25-21(30)19(28-33-7)18-13-35-23(26-18)27-20(29)15-8-10-16(32-6)11-9-15/h8-11,13-14,17H,12H2,1-7H3,(H,25,30)(H,26,27,29). The third-order valence-corrected chi connectivity index (χ3v) is 5.18. The van der Waals surface area contributed by atoms with Crippen LogP contribution in [0, 0.1) is 5.92 Å². The van der Waals surface area contributed by atoms with Crippen molar-refractivity contribution in [1.29, 1.82) is 0 Å². The average Bonchev–Trinajstić information content (AvgIpc) is 3.23. The first kappa shape index (κ1) is 27.8. The summed E-state index contributed by atoms with van der Waals surface area (Å²) in [5.74, 6) is -0.810. The minimum absolute atomic E-state index is 0.120.